The molecule has 0 aliphatic rings. The molecule has 1 N–H and O–H groups in total. The molecule has 3 aromatic heterocycles. The maximum absolute atomic E-state index is 11.4. The predicted molar refractivity (Wildman–Crippen MR) is 68.2 cm³/mol. The number of nitrogens with zero attached hydrogens (tertiary/aromatic N) is 4. The van der Waals surface area contributed by atoms with Crippen molar-refractivity contribution in [3.63, 3.8) is 0 Å². The van der Waals surface area contributed by atoms with Gasteiger partial charge in [0.1, 0.15) is 11.3 Å². The van der Waals surface area contributed by atoms with Crippen LogP contribution >= 0.6 is 11.6 Å². The molecule has 0 radical (unpaired) electrons. The van der Waals surface area contributed by atoms with E-state index in [1.807, 2.05) is 0 Å². The third-order valence-corrected chi connectivity index (χ3v) is 2.79. The quantitative estimate of drug-likeness (QED) is 0.774. The minimum atomic E-state index is -1.09. The summed E-state index contributed by atoms with van der Waals surface area (Å²) in [7, 11) is 0. The number of carboxylic acids is 1. The molecule has 6 nitrogen and oxygen atoms in total. The van der Waals surface area contributed by atoms with E-state index in [0.29, 0.717) is 16.3 Å². The minimum Gasteiger partial charge on any atom is -0.477 e. The maximum Gasteiger partial charge on any atom is 0.341 e. The number of fused-ring (bicyclic) bond motifs is 1. The second kappa shape index (κ2) is 4.33. The number of halogens is 1. The van der Waals surface area contributed by atoms with E-state index < -0.39 is 5.97 Å². The molecule has 0 bridgehead atoms. The van der Waals surface area contributed by atoms with Crippen LogP contribution in [0.3, 0.4) is 0 Å². The second-order valence-corrected chi connectivity index (χ2v) is 4.24. The fraction of sp³-hybridized carbons (Fsp3) is 0. The molecule has 0 unspecified atom stereocenters. The first-order valence-electron chi connectivity index (χ1n) is 5.34. The first-order chi connectivity index (χ1) is 9.16. The lowest BCUT2D eigenvalue weighted by molar-refractivity contribution is 0.0699. The SMILES string of the molecule is O=C(O)c1c(-c2cncc(Cl)c2)nn2cccnc12. The predicted octanol–water partition coefficient (Wildman–Crippen LogP) is 2.14. The van der Waals surface area contributed by atoms with E-state index in [2.05, 4.69) is 15.1 Å². The van der Waals surface area contributed by atoms with E-state index >= 15 is 0 Å². The molecule has 3 heterocycles. The van der Waals surface area contributed by atoms with Gasteiger partial charge in [-0.05, 0) is 12.1 Å². The summed E-state index contributed by atoms with van der Waals surface area (Å²) in [5, 5.41) is 14.0. The van der Waals surface area contributed by atoms with Gasteiger partial charge in [-0.3, -0.25) is 4.98 Å². The summed E-state index contributed by atoms with van der Waals surface area (Å²) in [6, 6.07) is 3.29. The lowest BCUT2D eigenvalue weighted by Crippen LogP contribution is -1.99. The maximum atomic E-state index is 11.4. The monoisotopic (exact) mass is 274 g/mol. The Labute approximate surface area is 112 Å². The summed E-state index contributed by atoms with van der Waals surface area (Å²) in [6.45, 7) is 0. The zero-order valence-electron chi connectivity index (χ0n) is 9.49. The molecule has 0 saturated carbocycles. The van der Waals surface area contributed by atoms with E-state index in [1.54, 1.807) is 18.3 Å². The Morgan fingerprint density at radius 2 is 2.21 bits per heavy atom. The number of hydrogen-bond donors (Lipinski definition) is 1. The molecular weight excluding hydrogens is 268 g/mol. The Bertz CT molecular complexity index is 784. The fourth-order valence-corrected chi connectivity index (χ4v) is 2.00. The Balaban J connectivity index is 2.34. The van der Waals surface area contributed by atoms with Crippen LogP contribution in [0.5, 0.6) is 0 Å². The van der Waals surface area contributed by atoms with E-state index in [-0.39, 0.29) is 11.2 Å². The van der Waals surface area contributed by atoms with Crippen LogP contribution in [-0.2, 0) is 0 Å². The van der Waals surface area contributed by atoms with Crippen molar-refractivity contribution in [2.45, 2.75) is 0 Å². The lowest BCUT2D eigenvalue weighted by atomic mass is 10.1. The second-order valence-electron chi connectivity index (χ2n) is 3.81. The highest BCUT2D eigenvalue weighted by Gasteiger charge is 2.21. The summed E-state index contributed by atoms with van der Waals surface area (Å²) in [5.41, 5.74) is 1.14. The smallest absolute Gasteiger partial charge is 0.341 e. The molecule has 0 atom stereocenters. The number of aromatic nitrogens is 4. The van der Waals surface area contributed by atoms with Gasteiger partial charge in [0.2, 0.25) is 0 Å². The van der Waals surface area contributed by atoms with Crippen molar-refractivity contribution in [3.05, 3.63) is 47.5 Å². The molecule has 3 aromatic rings. The fourth-order valence-electron chi connectivity index (χ4n) is 1.83. The molecule has 0 aliphatic heterocycles. The standard InChI is InChI=1S/C12H7ClN4O2/c13-8-4-7(5-14-6-8)10-9(12(18)19)11-15-2-1-3-17(11)16-10/h1-6H,(H,18,19). The van der Waals surface area contributed by atoms with Gasteiger partial charge in [0, 0.05) is 30.4 Å². The number of carboxylic acid groups (broad SMARTS) is 1. The van der Waals surface area contributed by atoms with Gasteiger partial charge >= 0.3 is 5.97 Å². The van der Waals surface area contributed by atoms with Crippen molar-refractivity contribution in [1.82, 2.24) is 19.6 Å². The zero-order chi connectivity index (χ0) is 13.4. The van der Waals surface area contributed by atoms with Crippen LogP contribution in [0.25, 0.3) is 16.9 Å². The van der Waals surface area contributed by atoms with Crippen LogP contribution in [-0.4, -0.2) is 30.7 Å². The molecule has 0 aromatic carbocycles. The Hall–Kier alpha value is -2.47. The van der Waals surface area contributed by atoms with Gasteiger partial charge in [0.05, 0.1) is 5.02 Å². The van der Waals surface area contributed by atoms with E-state index in [0.717, 1.165) is 0 Å². The summed E-state index contributed by atoms with van der Waals surface area (Å²) >= 11 is 5.87. The van der Waals surface area contributed by atoms with Crippen molar-refractivity contribution in [3.8, 4) is 11.3 Å². The third-order valence-electron chi connectivity index (χ3n) is 2.59. The van der Waals surface area contributed by atoms with Crippen LogP contribution in [0, 0.1) is 0 Å². The van der Waals surface area contributed by atoms with Gasteiger partial charge in [0.25, 0.3) is 0 Å². The number of rotatable bonds is 2. The summed E-state index contributed by atoms with van der Waals surface area (Å²) in [6.07, 6.45) is 6.14. The van der Waals surface area contributed by atoms with Crippen LogP contribution in [0.15, 0.2) is 36.9 Å². The molecule has 0 aliphatic carbocycles. The normalized spacial score (nSPS) is 10.8. The largest absolute Gasteiger partial charge is 0.477 e. The van der Waals surface area contributed by atoms with Crippen molar-refractivity contribution < 1.29 is 9.90 Å². The van der Waals surface area contributed by atoms with Crippen LogP contribution in [0.4, 0.5) is 0 Å². The molecule has 0 amide bonds. The molecule has 0 spiro atoms. The zero-order valence-corrected chi connectivity index (χ0v) is 10.2. The third kappa shape index (κ3) is 1.92. The average molecular weight is 275 g/mol. The average Bonchev–Trinajstić information content (AvgIpc) is 2.78. The number of carbonyl (C=O) groups is 1. The molecule has 0 fully saturated rings. The van der Waals surface area contributed by atoms with Gasteiger partial charge in [-0.15, -0.1) is 0 Å². The summed E-state index contributed by atoms with van der Waals surface area (Å²) < 4.78 is 1.42. The Morgan fingerprint density at radius 3 is 2.95 bits per heavy atom. The molecule has 94 valence electrons. The highest BCUT2D eigenvalue weighted by molar-refractivity contribution is 6.30. The van der Waals surface area contributed by atoms with Gasteiger partial charge in [0.15, 0.2) is 5.65 Å². The van der Waals surface area contributed by atoms with Gasteiger partial charge < -0.3 is 5.11 Å². The Kier molecular flexibility index (Phi) is 2.64. The number of aromatic carboxylic acids is 1. The molecule has 0 saturated heterocycles. The first kappa shape index (κ1) is 11.6. The minimum absolute atomic E-state index is 0.0321. The molecule has 19 heavy (non-hydrogen) atoms. The van der Waals surface area contributed by atoms with Gasteiger partial charge in [-0.1, -0.05) is 11.6 Å². The van der Waals surface area contributed by atoms with E-state index in [9.17, 15) is 9.90 Å². The number of hydrogen-bond acceptors (Lipinski definition) is 4. The Morgan fingerprint density at radius 1 is 1.37 bits per heavy atom. The van der Waals surface area contributed by atoms with Crippen molar-refractivity contribution in [2.24, 2.45) is 0 Å². The van der Waals surface area contributed by atoms with Crippen molar-refractivity contribution >= 4 is 23.2 Å². The van der Waals surface area contributed by atoms with E-state index in [1.165, 1.54) is 23.1 Å². The molecule has 7 heteroatoms. The van der Waals surface area contributed by atoms with Gasteiger partial charge in [-0.25, -0.2) is 14.3 Å². The van der Waals surface area contributed by atoms with Gasteiger partial charge in [-0.2, -0.15) is 5.10 Å². The molecule has 3 rings (SSSR count). The van der Waals surface area contributed by atoms with Crippen molar-refractivity contribution in [1.29, 1.82) is 0 Å². The lowest BCUT2D eigenvalue weighted by Gasteiger charge is -1.98. The molecular formula is C12H7ClN4O2. The summed E-state index contributed by atoms with van der Waals surface area (Å²) in [5.74, 6) is -1.09. The van der Waals surface area contributed by atoms with Crippen molar-refractivity contribution in [2.75, 3.05) is 0 Å². The first-order valence-corrected chi connectivity index (χ1v) is 5.72. The van der Waals surface area contributed by atoms with Crippen LogP contribution < -0.4 is 0 Å². The van der Waals surface area contributed by atoms with Crippen LogP contribution in [0.2, 0.25) is 5.02 Å². The highest BCUT2D eigenvalue weighted by Crippen LogP contribution is 2.26. The van der Waals surface area contributed by atoms with E-state index in [4.69, 9.17) is 11.6 Å². The highest BCUT2D eigenvalue weighted by atomic mass is 35.5. The van der Waals surface area contributed by atoms with Crippen LogP contribution in [0.1, 0.15) is 10.4 Å². The number of pyridine rings is 1. The topological polar surface area (TPSA) is 80.4 Å². The summed E-state index contributed by atoms with van der Waals surface area (Å²) in [4.78, 5) is 19.4.